The zero-order chi connectivity index (χ0) is 19.1. The van der Waals surface area contributed by atoms with Crippen molar-refractivity contribution >= 4 is 11.8 Å². The van der Waals surface area contributed by atoms with Gasteiger partial charge in [0.05, 0.1) is 7.11 Å². The van der Waals surface area contributed by atoms with Gasteiger partial charge < -0.3 is 15.4 Å². The first-order valence-corrected chi connectivity index (χ1v) is 9.34. The maximum Gasteiger partial charge on any atom is 0.270 e. The smallest absolute Gasteiger partial charge is 0.270 e. The van der Waals surface area contributed by atoms with Crippen molar-refractivity contribution in [2.24, 2.45) is 0 Å². The molecule has 1 aromatic carbocycles. The van der Waals surface area contributed by atoms with Crippen LogP contribution < -0.4 is 15.4 Å². The van der Waals surface area contributed by atoms with Crippen LogP contribution in [0.2, 0.25) is 0 Å². The standard InChI is InChI=1S/C21H25N3O3/c1-27-19-10-6-5-7-16(19)14-23-20(25)15-11-12-22-18(13-15)21(26)24-17-8-3-2-4-9-17/h5-7,10-13,17H,2-4,8-9,14H2,1H3,(H,23,25)(H,24,26). The van der Waals surface area contributed by atoms with E-state index < -0.39 is 0 Å². The third-order valence-electron chi connectivity index (χ3n) is 4.83. The van der Waals surface area contributed by atoms with Crippen LogP contribution in [0.5, 0.6) is 5.75 Å². The number of benzene rings is 1. The Morgan fingerprint density at radius 1 is 1.11 bits per heavy atom. The van der Waals surface area contributed by atoms with Crippen molar-refractivity contribution in [3.05, 3.63) is 59.4 Å². The average molecular weight is 367 g/mol. The van der Waals surface area contributed by atoms with E-state index in [4.69, 9.17) is 4.74 Å². The van der Waals surface area contributed by atoms with E-state index in [0.717, 1.165) is 37.0 Å². The van der Waals surface area contributed by atoms with Gasteiger partial charge in [-0.1, -0.05) is 37.5 Å². The molecule has 1 aromatic heterocycles. The van der Waals surface area contributed by atoms with Gasteiger partial charge in [-0.25, -0.2) is 0 Å². The van der Waals surface area contributed by atoms with Gasteiger partial charge >= 0.3 is 0 Å². The fourth-order valence-electron chi connectivity index (χ4n) is 3.33. The van der Waals surface area contributed by atoms with Crippen LogP contribution in [-0.2, 0) is 6.54 Å². The summed E-state index contributed by atoms with van der Waals surface area (Å²) in [5, 5.41) is 5.88. The number of methoxy groups -OCH3 is 1. The number of para-hydroxylation sites is 1. The van der Waals surface area contributed by atoms with E-state index in [-0.39, 0.29) is 23.6 Å². The van der Waals surface area contributed by atoms with Crippen LogP contribution in [0.25, 0.3) is 0 Å². The Balaban J connectivity index is 1.62. The van der Waals surface area contributed by atoms with Crippen LogP contribution in [0.1, 0.15) is 58.5 Å². The lowest BCUT2D eigenvalue weighted by Crippen LogP contribution is -2.36. The molecule has 0 aliphatic heterocycles. The molecule has 6 nitrogen and oxygen atoms in total. The molecule has 0 saturated heterocycles. The lowest BCUT2D eigenvalue weighted by atomic mass is 9.95. The molecule has 3 rings (SSSR count). The van der Waals surface area contributed by atoms with E-state index in [1.165, 1.54) is 18.7 Å². The molecule has 0 unspecified atom stereocenters. The minimum Gasteiger partial charge on any atom is -0.496 e. The maximum atomic E-state index is 12.5. The third kappa shape index (κ3) is 5.06. The number of amides is 2. The van der Waals surface area contributed by atoms with Crippen molar-refractivity contribution in [1.29, 1.82) is 0 Å². The summed E-state index contributed by atoms with van der Waals surface area (Å²) in [5.41, 5.74) is 1.57. The molecule has 2 amide bonds. The summed E-state index contributed by atoms with van der Waals surface area (Å²) in [6.45, 7) is 0.342. The topological polar surface area (TPSA) is 80.3 Å². The second kappa shape index (κ2) is 9.16. The quantitative estimate of drug-likeness (QED) is 0.822. The number of aromatic nitrogens is 1. The Labute approximate surface area is 159 Å². The fourth-order valence-corrected chi connectivity index (χ4v) is 3.33. The third-order valence-corrected chi connectivity index (χ3v) is 4.83. The second-order valence-electron chi connectivity index (χ2n) is 6.73. The molecule has 0 spiro atoms. The maximum absolute atomic E-state index is 12.5. The summed E-state index contributed by atoms with van der Waals surface area (Å²) < 4.78 is 5.29. The first-order valence-electron chi connectivity index (χ1n) is 9.34. The van der Waals surface area contributed by atoms with Gasteiger partial charge in [-0.2, -0.15) is 0 Å². The molecule has 1 heterocycles. The number of carbonyl (C=O) groups excluding carboxylic acids is 2. The molecule has 0 atom stereocenters. The van der Waals surface area contributed by atoms with Crippen molar-refractivity contribution in [3.63, 3.8) is 0 Å². The second-order valence-corrected chi connectivity index (χ2v) is 6.73. The van der Waals surface area contributed by atoms with Crippen molar-refractivity contribution in [1.82, 2.24) is 15.6 Å². The van der Waals surface area contributed by atoms with Gasteiger partial charge in [-0.05, 0) is 31.0 Å². The number of hydrogen-bond donors (Lipinski definition) is 2. The molecular formula is C21H25N3O3. The zero-order valence-corrected chi connectivity index (χ0v) is 15.5. The van der Waals surface area contributed by atoms with Crippen LogP contribution >= 0.6 is 0 Å². The molecule has 2 aromatic rings. The Bertz CT molecular complexity index is 801. The molecule has 1 saturated carbocycles. The number of hydrogen-bond acceptors (Lipinski definition) is 4. The SMILES string of the molecule is COc1ccccc1CNC(=O)c1ccnc(C(=O)NC2CCCCC2)c1. The number of rotatable bonds is 6. The molecule has 6 heteroatoms. The van der Waals surface area contributed by atoms with E-state index in [0.29, 0.717) is 12.1 Å². The van der Waals surface area contributed by atoms with Crippen molar-refractivity contribution < 1.29 is 14.3 Å². The highest BCUT2D eigenvalue weighted by atomic mass is 16.5. The highest BCUT2D eigenvalue weighted by Crippen LogP contribution is 2.18. The van der Waals surface area contributed by atoms with Gasteiger partial charge in [-0.3, -0.25) is 14.6 Å². The molecule has 0 bridgehead atoms. The Kier molecular flexibility index (Phi) is 6.41. The van der Waals surface area contributed by atoms with Crippen molar-refractivity contribution in [3.8, 4) is 5.75 Å². The molecule has 1 aliphatic carbocycles. The summed E-state index contributed by atoms with van der Waals surface area (Å²) in [7, 11) is 1.60. The summed E-state index contributed by atoms with van der Waals surface area (Å²) in [5.74, 6) is 0.247. The van der Waals surface area contributed by atoms with E-state index in [2.05, 4.69) is 15.6 Å². The molecule has 0 radical (unpaired) electrons. The highest BCUT2D eigenvalue weighted by molar-refractivity contribution is 5.98. The highest BCUT2D eigenvalue weighted by Gasteiger charge is 2.18. The molecule has 2 N–H and O–H groups in total. The largest absolute Gasteiger partial charge is 0.496 e. The molecule has 142 valence electrons. The Morgan fingerprint density at radius 3 is 2.67 bits per heavy atom. The molecular weight excluding hydrogens is 342 g/mol. The number of nitrogens with one attached hydrogen (secondary N) is 2. The van der Waals surface area contributed by atoms with Crippen LogP contribution in [0.15, 0.2) is 42.6 Å². The van der Waals surface area contributed by atoms with Crippen molar-refractivity contribution in [2.75, 3.05) is 7.11 Å². The zero-order valence-electron chi connectivity index (χ0n) is 15.5. The minimum absolute atomic E-state index is 0.205. The van der Waals surface area contributed by atoms with Gasteiger partial charge in [0.1, 0.15) is 11.4 Å². The average Bonchev–Trinajstić information content (AvgIpc) is 2.73. The van der Waals surface area contributed by atoms with E-state index in [9.17, 15) is 9.59 Å². The molecule has 27 heavy (non-hydrogen) atoms. The van der Waals surface area contributed by atoms with E-state index in [1.807, 2.05) is 24.3 Å². The molecule has 1 fully saturated rings. The normalized spacial score (nSPS) is 14.4. The van der Waals surface area contributed by atoms with Gasteiger partial charge in [0, 0.05) is 29.9 Å². The first kappa shape index (κ1) is 18.9. The van der Waals surface area contributed by atoms with Crippen LogP contribution in [0.4, 0.5) is 0 Å². The molecule has 1 aliphatic rings. The Morgan fingerprint density at radius 2 is 1.89 bits per heavy atom. The van der Waals surface area contributed by atoms with E-state index in [1.54, 1.807) is 13.2 Å². The van der Waals surface area contributed by atoms with Crippen LogP contribution in [0.3, 0.4) is 0 Å². The van der Waals surface area contributed by atoms with Gasteiger partial charge in [0.2, 0.25) is 0 Å². The van der Waals surface area contributed by atoms with Crippen LogP contribution in [0, 0.1) is 0 Å². The monoisotopic (exact) mass is 367 g/mol. The van der Waals surface area contributed by atoms with Gasteiger partial charge in [0.25, 0.3) is 11.8 Å². The minimum atomic E-state index is -0.255. The summed E-state index contributed by atoms with van der Waals surface area (Å²) in [4.78, 5) is 29.0. The Hall–Kier alpha value is -2.89. The summed E-state index contributed by atoms with van der Waals surface area (Å²) in [6, 6.07) is 10.9. The predicted molar refractivity (Wildman–Crippen MR) is 103 cm³/mol. The number of nitrogens with zero attached hydrogens (tertiary/aromatic N) is 1. The lowest BCUT2D eigenvalue weighted by molar-refractivity contribution is 0.0922. The number of ether oxygens (including phenoxy) is 1. The number of pyridine rings is 1. The lowest BCUT2D eigenvalue weighted by Gasteiger charge is -2.22. The summed E-state index contributed by atoms with van der Waals surface area (Å²) >= 11 is 0. The van der Waals surface area contributed by atoms with Gasteiger partial charge in [-0.15, -0.1) is 0 Å². The van der Waals surface area contributed by atoms with Crippen molar-refractivity contribution in [2.45, 2.75) is 44.7 Å². The summed E-state index contributed by atoms with van der Waals surface area (Å²) in [6.07, 6.45) is 7.02. The van der Waals surface area contributed by atoms with Gasteiger partial charge in [0.15, 0.2) is 0 Å². The first-order chi connectivity index (χ1) is 13.2. The van der Waals surface area contributed by atoms with E-state index >= 15 is 0 Å². The predicted octanol–water partition coefficient (Wildman–Crippen LogP) is 3.08. The van der Waals surface area contributed by atoms with Crippen LogP contribution in [-0.4, -0.2) is 29.9 Å². The fraction of sp³-hybridized carbons (Fsp3) is 0.381. The number of carbonyl (C=O) groups is 2.